The predicted octanol–water partition coefficient (Wildman–Crippen LogP) is 2.70. The van der Waals surface area contributed by atoms with Crippen LogP contribution in [0.3, 0.4) is 0 Å². The Morgan fingerprint density at radius 1 is 1.41 bits per heavy atom. The Balaban J connectivity index is 1.85. The molecule has 0 spiro atoms. The monoisotopic (exact) mass is 299 g/mol. The van der Waals surface area contributed by atoms with Crippen molar-refractivity contribution in [1.29, 1.82) is 0 Å². The number of fused-ring (bicyclic) bond motifs is 1. The van der Waals surface area contributed by atoms with E-state index in [1.165, 1.54) is 0 Å². The quantitative estimate of drug-likeness (QED) is 0.689. The lowest BCUT2D eigenvalue weighted by Gasteiger charge is -2.07. The maximum absolute atomic E-state index is 11.9. The molecule has 22 heavy (non-hydrogen) atoms. The van der Waals surface area contributed by atoms with Crippen LogP contribution in [0, 0.1) is 6.92 Å². The standard InChI is InChI=1S/C16H17N3O3/c1-3-10-7-11(16(21)18-9(10)2)17-8-14-19-15-12(20)5-4-6-13(15)22-14/h4-7,17,20H,3,8H2,1-2H3,(H,18,21). The second-order valence-electron chi connectivity index (χ2n) is 5.10. The summed E-state index contributed by atoms with van der Waals surface area (Å²) in [4.78, 5) is 19.0. The molecule has 0 fully saturated rings. The second-order valence-corrected chi connectivity index (χ2v) is 5.10. The lowest BCUT2D eigenvalue weighted by atomic mass is 10.1. The number of rotatable bonds is 4. The molecule has 0 saturated carbocycles. The van der Waals surface area contributed by atoms with Crippen LogP contribution in [0.15, 0.2) is 33.5 Å². The molecule has 2 heterocycles. The van der Waals surface area contributed by atoms with Crippen molar-refractivity contribution in [3.05, 3.63) is 51.8 Å². The van der Waals surface area contributed by atoms with Gasteiger partial charge in [0.1, 0.15) is 11.4 Å². The van der Waals surface area contributed by atoms with Gasteiger partial charge in [-0.15, -0.1) is 0 Å². The normalized spacial score (nSPS) is 11.0. The van der Waals surface area contributed by atoms with E-state index in [0.29, 0.717) is 22.7 Å². The summed E-state index contributed by atoms with van der Waals surface area (Å²) in [6.45, 7) is 4.19. The first-order valence-electron chi connectivity index (χ1n) is 7.12. The van der Waals surface area contributed by atoms with Gasteiger partial charge in [0.25, 0.3) is 5.56 Å². The van der Waals surface area contributed by atoms with Crippen molar-refractivity contribution >= 4 is 16.8 Å². The lowest BCUT2D eigenvalue weighted by Crippen LogP contribution is -2.16. The molecule has 0 atom stereocenters. The molecule has 0 radical (unpaired) electrons. The topological polar surface area (TPSA) is 91.2 Å². The number of pyridine rings is 1. The van der Waals surface area contributed by atoms with E-state index in [-0.39, 0.29) is 17.9 Å². The van der Waals surface area contributed by atoms with Gasteiger partial charge in [0, 0.05) is 5.69 Å². The van der Waals surface area contributed by atoms with Crippen molar-refractivity contribution in [1.82, 2.24) is 9.97 Å². The lowest BCUT2D eigenvalue weighted by molar-refractivity contribution is 0.480. The Bertz CT molecular complexity index is 880. The molecule has 0 unspecified atom stereocenters. The molecule has 2 aromatic heterocycles. The van der Waals surface area contributed by atoms with Gasteiger partial charge in [-0.1, -0.05) is 13.0 Å². The molecule has 114 valence electrons. The highest BCUT2D eigenvalue weighted by molar-refractivity contribution is 5.79. The second kappa shape index (κ2) is 5.55. The molecule has 3 rings (SSSR count). The Morgan fingerprint density at radius 2 is 2.23 bits per heavy atom. The van der Waals surface area contributed by atoms with E-state index in [1.807, 2.05) is 19.9 Å². The minimum atomic E-state index is -0.173. The number of H-pyrrole nitrogens is 1. The van der Waals surface area contributed by atoms with Gasteiger partial charge < -0.3 is 19.8 Å². The highest BCUT2D eigenvalue weighted by atomic mass is 16.4. The summed E-state index contributed by atoms with van der Waals surface area (Å²) in [7, 11) is 0. The fraction of sp³-hybridized carbons (Fsp3) is 0.250. The molecule has 6 nitrogen and oxygen atoms in total. The van der Waals surface area contributed by atoms with Crippen molar-refractivity contribution in [3.63, 3.8) is 0 Å². The number of aryl methyl sites for hydroxylation is 2. The van der Waals surface area contributed by atoms with Crippen molar-refractivity contribution in [3.8, 4) is 5.75 Å². The number of aromatic nitrogens is 2. The van der Waals surface area contributed by atoms with Gasteiger partial charge in [-0.3, -0.25) is 4.79 Å². The number of oxazole rings is 1. The van der Waals surface area contributed by atoms with Gasteiger partial charge in [-0.05, 0) is 37.1 Å². The van der Waals surface area contributed by atoms with E-state index in [9.17, 15) is 9.90 Å². The number of para-hydroxylation sites is 1. The fourth-order valence-electron chi connectivity index (χ4n) is 2.39. The van der Waals surface area contributed by atoms with Gasteiger partial charge >= 0.3 is 0 Å². The molecule has 3 aromatic rings. The summed E-state index contributed by atoms with van der Waals surface area (Å²) in [5, 5.41) is 12.7. The first kappa shape index (κ1) is 14.2. The number of nitrogens with one attached hydrogen (secondary N) is 2. The highest BCUT2D eigenvalue weighted by Crippen LogP contribution is 2.24. The molecule has 0 aliphatic carbocycles. The van der Waals surface area contributed by atoms with Crippen LogP contribution in [0.2, 0.25) is 0 Å². The summed E-state index contributed by atoms with van der Waals surface area (Å²) >= 11 is 0. The Labute approximate surface area is 126 Å². The Morgan fingerprint density at radius 3 is 2.95 bits per heavy atom. The first-order chi connectivity index (χ1) is 10.6. The summed E-state index contributed by atoms with van der Waals surface area (Å²) in [6.07, 6.45) is 0.841. The first-order valence-corrected chi connectivity index (χ1v) is 7.12. The average Bonchev–Trinajstić information content (AvgIpc) is 2.91. The number of phenols is 1. The molecule has 0 amide bonds. The largest absolute Gasteiger partial charge is 0.506 e. The number of hydrogen-bond acceptors (Lipinski definition) is 5. The number of hydrogen-bond donors (Lipinski definition) is 3. The van der Waals surface area contributed by atoms with E-state index in [0.717, 1.165) is 17.7 Å². The van der Waals surface area contributed by atoms with Crippen molar-refractivity contribution < 1.29 is 9.52 Å². The summed E-state index contributed by atoms with van der Waals surface area (Å²) in [5.41, 5.74) is 3.21. The third-order valence-electron chi connectivity index (χ3n) is 3.60. The van der Waals surface area contributed by atoms with Crippen LogP contribution in [0.25, 0.3) is 11.1 Å². The van der Waals surface area contributed by atoms with Crippen LogP contribution in [0.4, 0.5) is 5.69 Å². The zero-order valence-corrected chi connectivity index (χ0v) is 12.4. The molecule has 0 aliphatic rings. The molecular formula is C16H17N3O3. The number of benzene rings is 1. The highest BCUT2D eigenvalue weighted by Gasteiger charge is 2.10. The van der Waals surface area contributed by atoms with Crippen LogP contribution in [-0.2, 0) is 13.0 Å². The smallest absolute Gasteiger partial charge is 0.271 e. The molecule has 6 heteroatoms. The van der Waals surface area contributed by atoms with Crippen molar-refractivity contribution in [2.45, 2.75) is 26.8 Å². The van der Waals surface area contributed by atoms with E-state index in [1.54, 1.807) is 18.2 Å². The van der Waals surface area contributed by atoms with Crippen LogP contribution < -0.4 is 10.9 Å². The maximum Gasteiger partial charge on any atom is 0.271 e. The van der Waals surface area contributed by atoms with Crippen LogP contribution in [-0.4, -0.2) is 15.1 Å². The molecular weight excluding hydrogens is 282 g/mol. The number of aromatic amines is 1. The number of anilines is 1. The van der Waals surface area contributed by atoms with Crippen LogP contribution in [0.1, 0.15) is 24.1 Å². The minimum Gasteiger partial charge on any atom is -0.506 e. The van der Waals surface area contributed by atoms with E-state index >= 15 is 0 Å². The van der Waals surface area contributed by atoms with Gasteiger partial charge in [0.15, 0.2) is 11.1 Å². The summed E-state index contributed by atoms with van der Waals surface area (Å²) in [6, 6.07) is 6.83. The number of phenolic OH excluding ortho intramolecular Hbond substituents is 1. The third kappa shape index (κ3) is 2.55. The SMILES string of the molecule is CCc1cc(NCc2nc3c(O)cccc3o2)c(=O)[nH]c1C. The zero-order chi connectivity index (χ0) is 15.7. The number of nitrogens with zero attached hydrogens (tertiary/aromatic N) is 1. The molecule has 3 N–H and O–H groups in total. The third-order valence-corrected chi connectivity index (χ3v) is 3.60. The summed E-state index contributed by atoms with van der Waals surface area (Å²) in [5.74, 6) is 0.489. The van der Waals surface area contributed by atoms with Gasteiger partial charge in [-0.25, -0.2) is 4.98 Å². The predicted molar refractivity (Wildman–Crippen MR) is 84.2 cm³/mol. The van der Waals surface area contributed by atoms with Crippen LogP contribution >= 0.6 is 0 Å². The Hall–Kier alpha value is -2.76. The van der Waals surface area contributed by atoms with Crippen molar-refractivity contribution in [2.24, 2.45) is 0 Å². The Kier molecular flexibility index (Phi) is 3.58. The molecule has 0 aliphatic heterocycles. The molecule has 0 saturated heterocycles. The van der Waals surface area contributed by atoms with E-state index in [4.69, 9.17) is 4.42 Å². The van der Waals surface area contributed by atoms with E-state index in [2.05, 4.69) is 15.3 Å². The molecule has 1 aromatic carbocycles. The van der Waals surface area contributed by atoms with Crippen molar-refractivity contribution in [2.75, 3.05) is 5.32 Å². The zero-order valence-electron chi connectivity index (χ0n) is 12.4. The summed E-state index contributed by atoms with van der Waals surface area (Å²) < 4.78 is 5.54. The maximum atomic E-state index is 11.9. The van der Waals surface area contributed by atoms with Gasteiger partial charge in [0.05, 0.1) is 6.54 Å². The van der Waals surface area contributed by atoms with Gasteiger partial charge in [0.2, 0.25) is 5.89 Å². The molecule has 0 bridgehead atoms. The van der Waals surface area contributed by atoms with Gasteiger partial charge in [-0.2, -0.15) is 0 Å². The fourth-order valence-corrected chi connectivity index (χ4v) is 2.39. The average molecular weight is 299 g/mol. The number of aromatic hydroxyl groups is 1. The van der Waals surface area contributed by atoms with E-state index < -0.39 is 0 Å². The minimum absolute atomic E-state index is 0.0777. The van der Waals surface area contributed by atoms with Crippen LogP contribution in [0.5, 0.6) is 5.75 Å².